The predicted octanol–water partition coefficient (Wildman–Crippen LogP) is 3.94. The van der Waals surface area contributed by atoms with Crippen LogP contribution in [0.3, 0.4) is 0 Å². The molecule has 0 radical (unpaired) electrons. The molecule has 0 aliphatic carbocycles. The van der Waals surface area contributed by atoms with Gasteiger partial charge in [-0.1, -0.05) is 0 Å². The summed E-state index contributed by atoms with van der Waals surface area (Å²) < 4.78 is 13.6. The molecule has 2 atom stereocenters. The van der Waals surface area contributed by atoms with E-state index in [0.717, 1.165) is 16.7 Å². The molecule has 1 saturated heterocycles. The Morgan fingerprint density at radius 3 is 2.69 bits per heavy atom. The number of ether oxygens (including phenoxy) is 2. The Labute approximate surface area is 228 Å². The summed E-state index contributed by atoms with van der Waals surface area (Å²) in [6, 6.07) is 9.31. The number of aromatic nitrogens is 3. The monoisotopic (exact) mass is 535 g/mol. The van der Waals surface area contributed by atoms with E-state index in [2.05, 4.69) is 10.3 Å². The summed E-state index contributed by atoms with van der Waals surface area (Å²) in [7, 11) is 0. The SMILES string of the molecule is C/C(N)=C/C=C(\N)Nc1ccc2c(c1)ncn2-c1ccc(C(C)O)c(OC2CCN(C(=O)OC(C)(C)C)C2)n1. The van der Waals surface area contributed by atoms with Crippen LogP contribution in [0.4, 0.5) is 10.5 Å². The number of carbonyl (C=O) groups is 1. The second-order valence-electron chi connectivity index (χ2n) is 10.7. The zero-order valence-electron chi connectivity index (χ0n) is 23.0. The first-order valence-electron chi connectivity index (χ1n) is 12.9. The number of imidazole rings is 1. The lowest BCUT2D eigenvalue weighted by atomic mass is 10.1. The van der Waals surface area contributed by atoms with Crippen LogP contribution < -0.4 is 21.5 Å². The molecule has 3 heterocycles. The number of aliphatic hydroxyl groups is 1. The van der Waals surface area contributed by atoms with Crippen LogP contribution in [0, 0.1) is 0 Å². The lowest BCUT2D eigenvalue weighted by Gasteiger charge is -2.24. The molecule has 11 heteroatoms. The van der Waals surface area contributed by atoms with E-state index in [-0.39, 0.29) is 12.2 Å². The van der Waals surface area contributed by atoms with Gasteiger partial charge < -0.3 is 36.3 Å². The van der Waals surface area contributed by atoms with Crippen LogP contribution in [0.25, 0.3) is 16.9 Å². The van der Waals surface area contributed by atoms with E-state index in [0.29, 0.717) is 48.3 Å². The van der Waals surface area contributed by atoms with Crippen molar-refractivity contribution in [3.8, 4) is 11.7 Å². The smallest absolute Gasteiger partial charge is 0.410 e. The molecule has 1 aromatic carbocycles. The molecule has 11 nitrogen and oxygen atoms in total. The van der Waals surface area contributed by atoms with Gasteiger partial charge in [-0.3, -0.25) is 4.57 Å². The molecule has 208 valence electrons. The van der Waals surface area contributed by atoms with Gasteiger partial charge in [-0.2, -0.15) is 4.98 Å². The fraction of sp³-hybridized carbons (Fsp3) is 0.393. The van der Waals surface area contributed by atoms with Gasteiger partial charge >= 0.3 is 6.09 Å². The number of hydrogen-bond donors (Lipinski definition) is 4. The zero-order valence-corrected chi connectivity index (χ0v) is 23.0. The number of nitrogens with one attached hydrogen (secondary N) is 1. The Bertz CT molecular complexity index is 1400. The maximum Gasteiger partial charge on any atom is 0.410 e. The normalized spacial score (nSPS) is 17.4. The van der Waals surface area contributed by atoms with Gasteiger partial charge in [0.1, 0.15) is 29.7 Å². The minimum absolute atomic E-state index is 0.276. The van der Waals surface area contributed by atoms with E-state index in [1.165, 1.54) is 0 Å². The third-order valence-corrected chi connectivity index (χ3v) is 6.01. The number of carbonyl (C=O) groups excluding carboxylic acids is 1. The van der Waals surface area contributed by atoms with E-state index < -0.39 is 11.7 Å². The molecule has 1 aliphatic heterocycles. The summed E-state index contributed by atoms with van der Waals surface area (Å²) in [6.07, 6.45) is 4.31. The average molecular weight is 536 g/mol. The summed E-state index contributed by atoms with van der Waals surface area (Å²) in [5.41, 5.74) is 14.7. The number of aliphatic hydroxyl groups excluding tert-OH is 1. The molecule has 2 unspecified atom stereocenters. The third kappa shape index (κ3) is 6.99. The van der Waals surface area contributed by atoms with Crippen molar-refractivity contribution in [2.45, 2.75) is 58.8 Å². The van der Waals surface area contributed by atoms with Crippen molar-refractivity contribution < 1.29 is 19.4 Å². The van der Waals surface area contributed by atoms with Crippen LogP contribution in [0.1, 0.15) is 52.7 Å². The molecule has 39 heavy (non-hydrogen) atoms. The number of nitrogens with zero attached hydrogens (tertiary/aromatic N) is 4. The van der Waals surface area contributed by atoms with Crippen LogP contribution in [0.5, 0.6) is 5.88 Å². The largest absolute Gasteiger partial charge is 0.472 e. The molecule has 3 aromatic rings. The summed E-state index contributed by atoms with van der Waals surface area (Å²) in [6.45, 7) is 9.86. The zero-order chi connectivity index (χ0) is 28.3. The first kappa shape index (κ1) is 27.8. The highest BCUT2D eigenvalue weighted by molar-refractivity contribution is 5.81. The van der Waals surface area contributed by atoms with Crippen LogP contribution in [-0.2, 0) is 4.74 Å². The minimum Gasteiger partial charge on any atom is -0.472 e. The number of rotatable bonds is 7. The Morgan fingerprint density at radius 2 is 2.00 bits per heavy atom. The third-order valence-electron chi connectivity index (χ3n) is 6.01. The van der Waals surface area contributed by atoms with Crippen LogP contribution in [0.15, 0.2) is 60.3 Å². The highest BCUT2D eigenvalue weighted by Crippen LogP contribution is 2.29. The van der Waals surface area contributed by atoms with Crippen molar-refractivity contribution in [2.75, 3.05) is 18.4 Å². The number of likely N-dealkylation sites (tertiary alicyclic amines) is 1. The van der Waals surface area contributed by atoms with Crippen molar-refractivity contribution >= 4 is 22.8 Å². The molecule has 0 saturated carbocycles. The second kappa shape index (κ2) is 11.2. The van der Waals surface area contributed by atoms with Gasteiger partial charge in [0.05, 0.1) is 23.7 Å². The number of fused-ring (bicyclic) bond motifs is 1. The standard InChI is InChI=1S/C28H37N7O4/c1-17(29)6-10-24(30)32-19-7-9-23-22(14-19)31-16-35(23)25-11-8-21(18(2)36)26(33-25)38-20-12-13-34(15-20)27(37)39-28(3,4)5/h6-11,14,16,18,20,32,36H,12-13,15,29-30H2,1-5H3/b17-6-,24-10+. The van der Waals surface area contributed by atoms with Gasteiger partial charge in [0.25, 0.3) is 0 Å². The topological polar surface area (TPSA) is 154 Å². The summed E-state index contributed by atoms with van der Waals surface area (Å²) in [5.74, 6) is 1.36. The van der Waals surface area contributed by atoms with Crippen molar-refractivity contribution in [1.29, 1.82) is 0 Å². The molecule has 6 N–H and O–H groups in total. The molecule has 0 bridgehead atoms. The Morgan fingerprint density at radius 1 is 1.23 bits per heavy atom. The van der Waals surface area contributed by atoms with Gasteiger partial charge in [0.15, 0.2) is 0 Å². The number of hydrogen-bond acceptors (Lipinski definition) is 9. The number of pyridine rings is 1. The molecule has 0 spiro atoms. The first-order valence-corrected chi connectivity index (χ1v) is 12.9. The van der Waals surface area contributed by atoms with E-state index in [1.807, 2.05) is 49.6 Å². The Balaban J connectivity index is 1.55. The number of anilines is 1. The lowest BCUT2D eigenvalue weighted by Crippen LogP contribution is -2.36. The molecule has 1 fully saturated rings. The van der Waals surface area contributed by atoms with Crippen molar-refractivity contribution in [3.63, 3.8) is 0 Å². The number of nitrogens with two attached hydrogens (primary N) is 2. The highest BCUT2D eigenvalue weighted by atomic mass is 16.6. The molecule has 1 amide bonds. The maximum atomic E-state index is 12.5. The van der Waals surface area contributed by atoms with Crippen molar-refractivity contribution in [3.05, 3.63) is 65.9 Å². The van der Waals surface area contributed by atoms with Gasteiger partial charge in [0, 0.05) is 29.9 Å². The van der Waals surface area contributed by atoms with E-state index in [9.17, 15) is 9.90 Å². The lowest BCUT2D eigenvalue weighted by molar-refractivity contribution is 0.0274. The number of allylic oxidation sites excluding steroid dienone is 3. The van der Waals surface area contributed by atoms with Crippen molar-refractivity contribution in [1.82, 2.24) is 19.4 Å². The van der Waals surface area contributed by atoms with Crippen LogP contribution in [-0.4, -0.2) is 55.4 Å². The molecule has 4 rings (SSSR count). The maximum absolute atomic E-state index is 12.5. The van der Waals surface area contributed by atoms with Gasteiger partial charge in [0.2, 0.25) is 5.88 Å². The minimum atomic E-state index is -0.783. The summed E-state index contributed by atoms with van der Waals surface area (Å²) in [4.78, 5) is 23.4. The van der Waals surface area contributed by atoms with Crippen molar-refractivity contribution in [2.24, 2.45) is 11.5 Å². The average Bonchev–Trinajstić information content (AvgIpc) is 3.48. The predicted molar refractivity (Wildman–Crippen MR) is 150 cm³/mol. The number of amides is 1. The van der Waals surface area contributed by atoms with E-state index in [1.54, 1.807) is 43.3 Å². The quantitative estimate of drug-likeness (QED) is 0.329. The van der Waals surface area contributed by atoms with Crippen LogP contribution in [0.2, 0.25) is 0 Å². The Hall–Kier alpha value is -4.25. The van der Waals surface area contributed by atoms with E-state index >= 15 is 0 Å². The molecular formula is C28H37N7O4. The molecule has 1 aliphatic rings. The van der Waals surface area contributed by atoms with Gasteiger partial charge in [-0.15, -0.1) is 0 Å². The fourth-order valence-corrected chi connectivity index (χ4v) is 4.17. The Kier molecular flexibility index (Phi) is 8.01. The van der Waals surface area contributed by atoms with E-state index in [4.69, 9.17) is 25.9 Å². The fourth-order valence-electron chi connectivity index (χ4n) is 4.17. The number of benzene rings is 1. The summed E-state index contributed by atoms with van der Waals surface area (Å²) in [5, 5.41) is 13.5. The van der Waals surface area contributed by atoms with Gasteiger partial charge in [-0.05, 0) is 77.1 Å². The molecule has 2 aromatic heterocycles. The second-order valence-corrected chi connectivity index (χ2v) is 10.7. The van der Waals surface area contributed by atoms with Crippen LogP contribution >= 0.6 is 0 Å². The van der Waals surface area contributed by atoms with Gasteiger partial charge in [-0.25, -0.2) is 9.78 Å². The highest BCUT2D eigenvalue weighted by Gasteiger charge is 2.32. The first-order chi connectivity index (χ1) is 18.4. The summed E-state index contributed by atoms with van der Waals surface area (Å²) >= 11 is 0. The molecular weight excluding hydrogens is 498 g/mol.